The summed E-state index contributed by atoms with van der Waals surface area (Å²) in [5.74, 6) is 0. The summed E-state index contributed by atoms with van der Waals surface area (Å²) in [6.45, 7) is 1.91. The SMILES string of the molecule is Cc1c(C#N)ccc(C#N)c1-n1c2ccc(-n3c4ccccc4c4ccccc43)cc2c2c3oc4ccc(-c5cccc6c5oc5c6ccc6c5c5ccccc5n6-c5c(C#N)cc(C#N)cc5-c5ccccc5)cc4c3ccc21. The summed E-state index contributed by atoms with van der Waals surface area (Å²) in [7, 11) is 0. The number of furan rings is 2. The van der Waals surface area contributed by atoms with Crippen molar-refractivity contribution in [2.45, 2.75) is 6.92 Å². The van der Waals surface area contributed by atoms with Gasteiger partial charge in [-0.2, -0.15) is 21.0 Å². The van der Waals surface area contributed by atoms with Crippen LogP contribution in [0.15, 0.2) is 215 Å². The van der Waals surface area contributed by atoms with Crippen molar-refractivity contribution in [3.05, 3.63) is 234 Å². The lowest BCUT2D eigenvalue weighted by Gasteiger charge is -2.16. The lowest BCUT2D eigenvalue weighted by atomic mass is 9.97. The van der Waals surface area contributed by atoms with Crippen LogP contribution in [0.3, 0.4) is 0 Å². The fourth-order valence-electron chi connectivity index (χ4n) is 12.9. The van der Waals surface area contributed by atoms with Crippen molar-refractivity contribution in [2.24, 2.45) is 0 Å². The molecule has 0 spiro atoms. The molecule has 16 aromatic rings. The van der Waals surface area contributed by atoms with Crippen molar-refractivity contribution in [1.82, 2.24) is 13.7 Å². The molecular weight excluding hydrogens is 983 g/mol. The predicted octanol–water partition coefficient (Wildman–Crippen LogP) is 17.9. The first-order valence-corrected chi connectivity index (χ1v) is 26.2. The van der Waals surface area contributed by atoms with Crippen molar-refractivity contribution in [3.63, 3.8) is 0 Å². The maximum absolute atomic E-state index is 10.7. The maximum atomic E-state index is 10.7. The highest BCUT2D eigenvalue weighted by atomic mass is 16.3. The molecule has 11 aromatic carbocycles. The Bertz CT molecular complexity index is 5560. The summed E-state index contributed by atoms with van der Waals surface area (Å²) < 4.78 is 20.8. The van der Waals surface area contributed by atoms with E-state index in [2.05, 4.69) is 171 Å². The third-order valence-electron chi connectivity index (χ3n) is 16.4. The average Bonchev–Trinajstić information content (AvgIpc) is 4.42. The van der Waals surface area contributed by atoms with Crippen LogP contribution >= 0.6 is 0 Å². The van der Waals surface area contributed by atoms with Crippen LogP contribution in [0.25, 0.3) is 149 Å². The van der Waals surface area contributed by atoms with Crippen LogP contribution in [0.4, 0.5) is 0 Å². The lowest BCUT2D eigenvalue weighted by Crippen LogP contribution is -2.02. The van der Waals surface area contributed by atoms with Gasteiger partial charge in [-0.3, -0.25) is 0 Å². The van der Waals surface area contributed by atoms with Crippen LogP contribution in [0.2, 0.25) is 0 Å². The molecular formula is C71H37N7O2. The molecule has 80 heavy (non-hydrogen) atoms. The summed E-state index contributed by atoms with van der Waals surface area (Å²) in [4.78, 5) is 0. The van der Waals surface area contributed by atoms with Gasteiger partial charge in [0.05, 0.1) is 89.6 Å². The monoisotopic (exact) mass is 1020 g/mol. The molecule has 5 heterocycles. The van der Waals surface area contributed by atoms with Gasteiger partial charge in [-0.05, 0) is 121 Å². The standard InChI is InChI=1S/C71H37N7O2/c1-40-44(37-73)22-23-45(38-74)67(40)77-61-28-25-47(76-58-19-8-5-14-49(58)50-15-6-9-20-59(50)76)35-57(61)66-63(77)30-27-53-56-34-43(24-31-64(56)79-70(53)66)48-17-11-18-51-52-26-29-62-65(71(52)80-69(48)51)54-16-7-10-21-60(54)78(62)68-46(39-75)32-41(36-72)33-55(68)42-12-3-2-4-13-42/h2-35H,1H3. The van der Waals surface area contributed by atoms with Gasteiger partial charge in [0.25, 0.3) is 0 Å². The normalized spacial score (nSPS) is 11.8. The van der Waals surface area contributed by atoms with E-state index in [4.69, 9.17) is 8.83 Å². The first-order valence-electron chi connectivity index (χ1n) is 26.2. The van der Waals surface area contributed by atoms with E-state index < -0.39 is 0 Å². The zero-order valence-electron chi connectivity index (χ0n) is 42.6. The number of hydrogen-bond acceptors (Lipinski definition) is 6. The van der Waals surface area contributed by atoms with Gasteiger partial charge in [0.15, 0.2) is 0 Å². The Morgan fingerprint density at radius 1 is 0.338 bits per heavy atom. The smallest absolute Gasteiger partial charge is 0.145 e. The molecule has 0 saturated carbocycles. The number of para-hydroxylation sites is 4. The summed E-state index contributed by atoms with van der Waals surface area (Å²) in [5.41, 5.74) is 16.9. The molecule has 9 heteroatoms. The molecule has 368 valence electrons. The Labute approximate surface area is 455 Å². The molecule has 0 aliphatic carbocycles. The van der Waals surface area contributed by atoms with Crippen LogP contribution in [0.1, 0.15) is 27.8 Å². The summed E-state index contributed by atoms with van der Waals surface area (Å²) in [6.07, 6.45) is 0. The molecule has 0 fully saturated rings. The van der Waals surface area contributed by atoms with Crippen LogP contribution in [0.5, 0.6) is 0 Å². The van der Waals surface area contributed by atoms with Crippen LogP contribution < -0.4 is 0 Å². The van der Waals surface area contributed by atoms with Gasteiger partial charge < -0.3 is 22.5 Å². The van der Waals surface area contributed by atoms with E-state index in [0.717, 1.165) is 132 Å². The van der Waals surface area contributed by atoms with Gasteiger partial charge >= 0.3 is 0 Å². The predicted molar refractivity (Wildman–Crippen MR) is 318 cm³/mol. The summed E-state index contributed by atoms with van der Waals surface area (Å²) in [5, 5.41) is 51.6. The highest BCUT2D eigenvalue weighted by Crippen LogP contribution is 2.48. The van der Waals surface area contributed by atoms with Crippen molar-refractivity contribution >= 4 is 109 Å². The van der Waals surface area contributed by atoms with Gasteiger partial charge in [0, 0.05) is 59.9 Å². The topological polar surface area (TPSA) is 136 Å². The van der Waals surface area contributed by atoms with Crippen LogP contribution in [-0.2, 0) is 0 Å². The lowest BCUT2D eigenvalue weighted by molar-refractivity contribution is 0.672. The fourth-order valence-corrected chi connectivity index (χ4v) is 12.9. The number of hydrogen-bond donors (Lipinski definition) is 0. The fraction of sp³-hybridized carbons (Fsp3) is 0.0141. The molecule has 0 amide bonds. The largest absolute Gasteiger partial charge is 0.455 e. The molecule has 0 aliphatic rings. The molecule has 0 N–H and O–H groups in total. The number of benzene rings is 11. The van der Waals surface area contributed by atoms with Gasteiger partial charge in [0.2, 0.25) is 0 Å². The molecule has 0 atom stereocenters. The van der Waals surface area contributed by atoms with Gasteiger partial charge in [0.1, 0.15) is 34.5 Å². The van der Waals surface area contributed by atoms with Gasteiger partial charge in [-0.15, -0.1) is 0 Å². The molecule has 5 aromatic heterocycles. The zero-order valence-corrected chi connectivity index (χ0v) is 42.6. The minimum absolute atomic E-state index is 0.393. The van der Waals surface area contributed by atoms with E-state index in [1.807, 2.05) is 61.5 Å². The van der Waals surface area contributed by atoms with Crippen molar-refractivity contribution < 1.29 is 8.83 Å². The Morgan fingerprint density at radius 3 is 1.62 bits per heavy atom. The first-order chi connectivity index (χ1) is 39.4. The minimum atomic E-state index is 0.393. The molecule has 0 bridgehead atoms. The molecule has 0 aliphatic heterocycles. The third kappa shape index (κ3) is 6.06. The number of nitriles is 4. The second kappa shape index (κ2) is 16.7. The van der Waals surface area contributed by atoms with Crippen LogP contribution in [0, 0.1) is 52.2 Å². The van der Waals surface area contributed by atoms with Gasteiger partial charge in [-0.1, -0.05) is 109 Å². The van der Waals surface area contributed by atoms with E-state index in [-0.39, 0.29) is 0 Å². The van der Waals surface area contributed by atoms with Crippen molar-refractivity contribution in [2.75, 3.05) is 0 Å². The highest BCUT2D eigenvalue weighted by molar-refractivity contribution is 6.27. The Balaban J connectivity index is 0.923. The van der Waals surface area contributed by atoms with E-state index in [9.17, 15) is 21.0 Å². The average molecular weight is 1020 g/mol. The molecule has 0 unspecified atom stereocenters. The Morgan fingerprint density at radius 2 is 0.912 bits per heavy atom. The third-order valence-corrected chi connectivity index (χ3v) is 16.4. The van der Waals surface area contributed by atoms with E-state index in [0.29, 0.717) is 44.8 Å². The highest BCUT2D eigenvalue weighted by Gasteiger charge is 2.27. The number of nitrogens with zero attached hydrogens (tertiary/aromatic N) is 7. The zero-order chi connectivity index (χ0) is 53.5. The van der Waals surface area contributed by atoms with E-state index >= 15 is 0 Å². The maximum Gasteiger partial charge on any atom is 0.145 e. The second-order valence-electron chi connectivity index (χ2n) is 20.4. The number of fused-ring (bicyclic) bond motifs is 17. The quantitative estimate of drug-likeness (QED) is 0.168. The van der Waals surface area contributed by atoms with E-state index in [1.54, 1.807) is 18.2 Å². The molecule has 0 saturated heterocycles. The molecule has 0 radical (unpaired) electrons. The van der Waals surface area contributed by atoms with Gasteiger partial charge in [-0.25, -0.2) is 0 Å². The Kier molecular flexibility index (Phi) is 9.32. The molecule has 16 rings (SSSR count). The number of rotatable bonds is 5. The second-order valence-corrected chi connectivity index (χ2v) is 20.4. The minimum Gasteiger partial charge on any atom is -0.455 e. The molecule has 9 nitrogen and oxygen atoms in total. The van der Waals surface area contributed by atoms with E-state index in [1.165, 1.54) is 0 Å². The van der Waals surface area contributed by atoms with Crippen molar-refractivity contribution in [3.8, 4) is 63.6 Å². The summed E-state index contributed by atoms with van der Waals surface area (Å²) in [6, 6.07) is 79.1. The Hall–Kier alpha value is -11.6. The number of aromatic nitrogens is 3. The first kappa shape index (κ1) is 44.7. The van der Waals surface area contributed by atoms with Crippen LogP contribution in [-0.4, -0.2) is 13.7 Å². The summed E-state index contributed by atoms with van der Waals surface area (Å²) >= 11 is 0. The van der Waals surface area contributed by atoms with Crippen molar-refractivity contribution in [1.29, 1.82) is 21.0 Å².